The van der Waals surface area contributed by atoms with Crippen LogP contribution in [0.1, 0.15) is 64.7 Å². The summed E-state index contributed by atoms with van der Waals surface area (Å²) >= 11 is 0. The molecule has 0 aromatic carbocycles. The predicted molar refractivity (Wildman–Crippen MR) is 83.1 cm³/mol. The highest BCUT2D eigenvalue weighted by Crippen LogP contribution is 2.40. The number of amides is 1. The topological polar surface area (TPSA) is 78.9 Å². The molecule has 2 aliphatic carbocycles. The van der Waals surface area contributed by atoms with Crippen LogP contribution in [0.4, 0.5) is 0 Å². The zero-order valence-electron chi connectivity index (χ0n) is 13.3. The highest BCUT2D eigenvalue weighted by atomic mass is 16.4. The van der Waals surface area contributed by atoms with Gasteiger partial charge in [-0.05, 0) is 31.6 Å². The molecule has 2 fully saturated rings. The number of hydrogen-bond donors (Lipinski definition) is 2. The zero-order valence-corrected chi connectivity index (χ0v) is 13.3. The van der Waals surface area contributed by atoms with Gasteiger partial charge in [0.25, 0.3) is 0 Å². The first-order valence-corrected chi connectivity index (χ1v) is 8.28. The minimum absolute atomic E-state index is 0.0521. The van der Waals surface area contributed by atoms with Gasteiger partial charge in [0.15, 0.2) is 5.84 Å². The molecule has 0 saturated heterocycles. The minimum Gasteiger partial charge on any atom is -0.409 e. The summed E-state index contributed by atoms with van der Waals surface area (Å²) in [5.41, 5.74) is 5.16. The third kappa shape index (κ3) is 3.01. The monoisotopic (exact) mass is 295 g/mol. The second-order valence-electron chi connectivity index (χ2n) is 6.87. The van der Waals surface area contributed by atoms with Crippen molar-refractivity contribution < 1.29 is 10.0 Å². The maximum atomic E-state index is 13.1. The van der Waals surface area contributed by atoms with Crippen LogP contribution in [0.2, 0.25) is 0 Å². The van der Waals surface area contributed by atoms with Gasteiger partial charge < -0.3 is 15.8 Å². The third-order valence-electron chi connectivity index (χ3n) is 5.60. The Morgan fingerprint density at radius 2 is 1.81 bits per heavy atom. The molecule has 120 valence electrons. The van der Waals surface area contributed by atoms with Crippen LogP contribution in [0.3, 0.4) is 0 Å². The molecular formula is C16H29N3O2. The number of amidine groups is 1. The van der Waals surface area contributed by atoms with E-state index < -0.39 is 5.41 Å². The Morgan fingerprint density at radius 3 is 2.38 bits per heavy atom. The Hall–Kier alpha value is -1.26. The van der Waals surface area contributed by atoms with Crippen molar-refractivity contribution in [1.82, 2.24) is 4.90 Å². The van der Waals surface area contributed by atoms with E-state index in [1.165, 1.54) is 19.3 Å². The van der Waals surface area contributed by atoms with Gasteiger partial charge in [-0.15, -0.1) is 0 Å². The summed E-state index contributed by atoms with van der Waals surface area (Å²) in [4.78, 5) is 15.0. The first-order chi connectivity index (χ1) is 10.0. The molecule has 21 heavy (non-hydrogen) atoms. The van der Waals surface area contributed by atoms with Gasteiger partial charge in [-0.25, -0.2) is 0 Å². The largest absolute Gasteiger partial charge is 0.409 e. The molecule has 5 nitrogen and oxygen atoms in total. The van der Waals surface area contributed by atoms with E-state index in [2.05, 4.69) is 12.1 Å². The van der Waals surface area contributed by atoms with Gasteiger partial charge in [0, 0.05) is 13.1 Å². The molecule has 2 rings (SSSR count). The van der Waals surface area contributed by atoms with Crippen molar-refractivity contribution in [2.75, 3.05) is 7.05 Å². The van der Waals surface area contributed by atoms with Crippen LogP contribution < -0.4 is 5.73 Å². The molecule has 2 aliphatic rings. The van der Waals surface area contributed by atoms with Crippen LogP contribution in [-0.2, 0) is 4.79 Å². The van der Waals surface area contributed by atoms with E-state index in [0.717, 1.165) is 25.7 Å². The Balaban J connectivity index is 2.21. The first kappa shape index (κ1) is 16.1. The Bertz CT molecular complexity index is 402. The molecule has 0 aromatic rings. The second-order valence-corrected chi connectivity index (χ2v) is 6.87. The highest BCUT2D eigenvalue weighted by molar-refractivity contribution is 6.06. The number of oxime groups is 1. The summed E-state index contributed by atoms with van der Waals surface area (Å²) in [7, 11) is 1.90. The Kier molecular flexibility index (Phi) is 5.12. The van der Waals surface area contributed by atoms with Gasteiger partial charge in [0.2, 0.25) is 5.91 Å². The molecule has 2 saturated carbocycles. The SMILES string of the molecule is CC1CCCCC1N(C)C(=O)C1(C(N)=NO)CCCCC1. The zero-order chi connectivity index (χ0) is 15.5. The van der Waals surface area contributed by atoms with Crippen molar-refractivity contribution in [2.24, 2.45) is 22.2 Å². The smallest absolute Gasteiger partial charge is 0.236 e. The minimum atomic E-state index is -0.779. The van der Waals surface area contributed by atoms with Crippen molar-refractivity contribution in [3.05, 3.63) is 0 Å². The molecular weight excluding hydrogens is 266 g/mol. The van der Waals surface area contributed by atoms with Gasteiger partial charge >= 0.3 is 0 Å². The van der Waals surface area contributed by atoms with Gasteiger partial charge in [0.1, 0.15) is 5.41 Å². The van der Waals surface area contributed by atoms with E-state index in [9.17, 15) is 4.79 Å². The quantitative estimate of drug-likeness (QED) is 0.364. The van der Waals surface area contributed by atoms with Crippen LogP contribution in [0.5, 0.6) is 0 Å². The molecule has 0 heterocycles. The number of rotatable bonds is 3. The predicted octanol–water partition coefficient (Wildman–Crippen LogP) is 2.72. The van der Waals surface area contributed by atoms with E-state index >= 15 is 0 Å². The lowest BCUT2D eigenvalue weighted by atomic mass is 9.71. The maximum Gasteiger partial charge on any atom is 0.236 e. The first-order valence-electron chi connectivity index (χ1n) is 8.28. The summed E-state index contributed by atoms with van der Waals surface area (Å²) in [5, 5.41) is 12.3. The van der Waals surface area contributed by atoms with E-state index in [-0.39, 0.29) is 17.8 Å². The number of hydrogen-bond acceptors (Lipinski definition) is 3. The number of carbonyl (C=O) groups is 1. The molecule has 2 unspecified atom stereocenters. The summed E-state index contributed by atoms with van der Waals surface area (Å²) < 4.78 is 0. The van der Waals surface area contributed by atoms with Crippen molar-refractivity contribution in [3.63, 3.8) is 0 Å². The second kappa shape index (κ2) is 6.67. The van der Waals surface area contributed by atoms with Gasteiger partial charge in [0.05, 0.1) is 0 Å². The average Bonchev–Trinajstić information content (AvgIpc) is 2.53. The van der Waals surface area contributed by atoms with Crippen LogP contribution >= 0.6 is 0 Å². The van der Waals surface area contributed by atoms with Gasteiger partial charge in [-0.2, -0.15) is 0 Å². The fourth-order valence-corrected chi connectivity index (χ4v) is 4.19. The van der Waals surface area contributed by atoms with E-state index in [1.54, 1.807) is 0 Å². The van der Waals surface area contributed by atoms with Crippen LogP contribution in [0.25, 0.3) is 0 Å². The normalized spacial score (nSPS) is 29.9. The number of nitrogens with zero attached hydrogens (tertiary/aromatic N) is 2. The fraction of sp³-hybridized carbons (Fsp3) is 0.875. The lowest BCUT2D eigenvalue weighted by molar-refractivity contribution is -0.142. The van der Waals surface area contributed by atoms with Gasteiger partial charge in [-0.1, -0.05) is 44.2 Å². The molecule has 0 spiro atoms. The van der Waals surface area contributed by atoms with E-state index in [1.807, 2.05) is 11.9 Å². The number of carbonyl (C=O) groups excluding carboxylic acids is 1. The molecule has 3 N–H and O–H groups in total. The molecule has 0 bridgehead atoms. The molecule has 0 radical (unpaired) electrons. The summed E-state index contributed by atoms with van der Waals surface area (Å²) in [6, 6.07) is 0.288. The van der Waals surface area contributed by atoms with Crippen LogP contribution in [0.15, 0.2) is 5.16 Å². The van der Waals surface area contributed by atoms with Crippen molar-refractivity contribution >= 4 is 11.7 Å². The van der Waals surface area contributed by atoms with E-state index in [0.29, 0.717) is 18.8 Å². The number of nitrogens with two attached hydrogens (primary N) is 1. The molecule has 5 heteroatoms. The van der Waals surface area contributed by atoms with Gasteiger partial charge in [-0.3, -0.25) is 4.79 Å². The summed E-state index contributed by atoms with van der Waals surface area (Å²) in [5.74, 6) is 0.680. The van der Waals surface area contributed by atoms with Crippen molar-refractivity contribution in [1.29, 1.82) is 0 Å². The molecule has 0 aliphatic heterocycles. The highest BCUT2D eigenvalue weighted by Gasteiger charge is 2.47. The Labute approximate surface area is 127 Å². The lowest BCUT2D eigenvalue weighted by Crippen LogP contribution is -2.55. The Morgan fingerprint density at radius 1 is 1.19 bits per heavy atom. The summed E-state index contributed by atoms with van der Waals surface area (Å²) in [6.07, 6.45) is 9.15. The third-order valence-corrected chi connectivity index (χ3v) is 5.60. The molecule has 2 atom stereocenters. The maximum absolute atomic E-state index is 13.1. The fourth-order valence-electron chi connectivity index (χ4n) is 4.19. The van der Waals surface area contributed by atoms with E-state index in [4.69, 9.17) is 10.9 Å². The lowest BCUT2D eigenvalue weighted by Gasteiger charge is -2.43. The van der Waals surface area contributed by atoms with Crippen LogP contribution in [0, 0.1) is 11.3 Å². The summed E-state index contributed by atoms with van der Waals surface area (Å²) in [6.45, 7) is 2.23. The average molecular weight is 295 g/mol. The van der Waals surface area contributed by atoms with Crippen molar-refractivity contribution in [3.8, 4) is 0 Å². The molecule has 1 amide bonds. The van der Waals surface area contributed by atoms with Crippen molar-refractivity contribution in [2.45, 2.75) is 70.8 Å². The standard InChI is InChI=1S/C16H29N3O2/c1-12-8-4-5-9-13(12)19(2)15(20)16(14(17)18-21)10-6-3-7-11-16/h12-13,21H,3-11H2,1-2H3,(H2,17,18). The van der Waals surface area contributed by atoms with Crippen LogP contribution in [-0.4, -0.2) is 34.9 Å². The molecule has 0 aromatic heterocycles.